The van der Waals surface area contributed by atoms with Crippen LogP contribution in [0.1, 0.15) is 28.4 Å². The zero-order valence-corrected chi connectivity index (χ0v) is 13.9. The highest BCUT2D eigenvalue weighted by atomic mass is 16.6. The quantitative estimate of drug-likeness (QED) is 0.474. The van der Waals surface area contributed by atoms with Gasteiger partial charge in [-0.25, -0.2) is 0 Å². The van der Waals surface area contributed by atoms with Crippen LogP contribution in [0.5, 0.6) is 5.75 Å². The lowest BCUT2D eigenvalue weighted by atomic mass is 10.1. The molecule has 130 valence electrons. The van der Waals surface area contributed by atoms with Gasteiger partial charge in [0.2, 0.25) is 0 Å². The van der Waals surface area contributed by atoms with Gasteiger partial charge in [-0.2, -0.15) is 0 Å². The molecule has 0 spiro atoms. The molecule has 0 aliphatic heterocycles. The van der Waals surface area contributed by atoms with Crippen LogP contribution < -0.4 is 10.1 Å². The largest absolute Gasteiger partial charge is 0.474 e. The second-order valence-electron chi connectivity index (χ2n) is 5.57. The molecular weight excluding hydrogens is 324 g/mol. The molecule has 0 aromatic heterocycles. The molecule has 0 bridgehead atoms. The van der Waals surface area contributed by atoms with Crippen molar-refractivity contribution in [2.75, 3.05) is 0 Å². The summed E-state index contributed by atoms with van der Waals surface area (Å²) in [6.07, 6.45) is -0.416. The van der Waals surface area contributed by atoms with Crippen LogP contribution in [0, 0.1) is 17.0 Å². The zero-order valence-electron chi connectivity index (χ0n) is 13.9. The molecule has 0 heterocycles. The topological polar surface area (TPSA) is 98.5 Å². The van der Waals surface area contributed by atoms with Crippen molar-refractivity contribution in [1.82, 2.24) is 5.32 Å². The van der Waals surface area contributed by atoms with Crippen LogP contribution in [0.25, 0.3) is 0 Å². The van der Waals surface area contributed by atoms with Gasteiger partial charge < -0.3 is 10.1 Å². The first-order valence-electron chi connectivity index (χ1n) is 7.64. The van der Waals surface area contributed by atoms with Gasteiger partial charge in [-0.05, 0) is 31.5 Å². The SMILES string of the molecule is Cc1ccc(CNC(=O)[C@@H](C)Oc2ccc(C=O)cc2[N+](=O)[O-])cc1. The van der Waals surface area contributed by atoms with Gasteiger partial charge in [-0.1, -0.05) is 29.8 Å². The van der Waals surface area contributed by atoms with E-state index in [4.69, 9.17) is 4.74 Å². The summed E-state index contributed by atoms with van der Waals surface area (Å²) >= 11 is 0. The lowest BCUT2D eigenvalue weighted by Crippen LogP contribution is -2.36. The molecule has 25 heavy (non-hydrogen) atoms. The molecule has 7 nitrogen and oxygen atoms in total. The predicted molar refractivity (Wildman–Crippen MR) is 91.6 cm³/mol. The summed E-state index contributed by atoms with van der Waals surface area (Å²) in [6, 6.07) is 11.5. The fourth-order valence-electron chi connectivity index (χ4n) is 2.13. The number of aldehydes is 1. The van der Waals surface area contributed by atoms with Crippen LogP contribution in [-0.4, -0.2) is 23.2 Å². The van der Waals surface area contributed by atoms with Crippen LogP contribution in [-0.2, 0) is 11.3 Å². The molecule has 0 saturated heterocycles. The summed E-state index contributed by atoms with van der Waals surface area (Å²) < 4.78 is 5.41. The van der Waals surface area contributed by atoms with Crippen molar-refractivity contribution in [3.05, 3.63) is 69.3 Å². The third-order valence-electron chi connectivity index (χ3n) is 3.58. The van der Waals surface area contributed by atoms with E-state index in [0.29, 0.717) is 12.8 Å². The molecule has 0 unspecified atom stereocenters. The Morgan fingerprint density at radius 1 is 1.28 bits per heavy atom. The number of carbonyl (C=O) groups excluding carboxylic acids is 2. The van der Waals surface area contributed by atoms with E-state index in [2.05, 4.69) is 5.32 Å². The van der Waals surface area contributed by atoms with E-state index >= 15 is 0 Å². The highest BCUT2D eigenvalue weighted by molar-refractivity contribution is 5.81. The first kappa shape index (κ1) is 18.1. The lowest BCUT2D eigenvalue weighted by molar-refractivity contribution is -0.386. The number of nitrogens with zero attached hydrogens (tertiary/aromatic N) is 1. The highest BCUT2D eigenvalue weighted by Crippen LogP contribution is 2.28. The van der Waals surface area contributed by atoms with Crippen molar-refractivity contribution in [2.45, 2.75) is 26.5 Å². The third kappa shape index (κ3) is 4.87. The molecular formula is C18H18N2O5. The summed E-state index contributed by atoms with van der Waals surface area (Å²) in [4.78, 5) is 33.3. The highest BCUT2D eigenvalue weighted by Gasteiger charge is 2.21. The zero-order chi connectivity index (χ0) is 18.4. The van der Waals surface area contributed by atoms with Gasteiger partial charge in [-0.15, -0.1) is 0 Å². The Morgan fingerprint density at radius 2 is 1.96 bits per heavy atom. The summed E-state index contributed by atoms with van der Waals surface area (Å²) in [5, 5.41) is 13.8. The van der Waals surface area contributed by atoms with Crippen molar-refractivity contribution >= 4 is 17.9 Å². The molecule has 0 radical (unpaired) electrons. The minimum absolute atomic E-state index is 0.0615. The summed E-state index contributed by atoms with van der Waals surface area (Å²) in [5.41, 5.74) is 1.86. The van der Waals surface area contributed by atoms with Crippen molar-refractivity contribution in [3.63, 3.8) is 0 Å². The maximum Gasteiger partial charge on any atom is 0.311 e. The van der Waals surface area contributed by atoms with E-state index in [1.165, 1.54) is 19.1 Å². The van der Waals surface area contributed by atoms with Crippen LogP contribution in [0.4, 0.5) is 5.69 Å². The molecule has 0 aliphatic carbocycles. The average molecular weight is 342 g/mol. The molecule has 0 aliphatic rings. The van der Waals surface area contributed by atoms with Gasteiger partial charge in [0.25, 0.3) is 5.91 Å². The molecule has 2 aromatic carbocycles. The molecule has 1 amide bonds. The van der Waals surface area contributed by atoms with Gasteiger partial charge in [0.1, 0.15) is 6.29 Å². The molecule has 0 fully saturated rings. The second-order valence-corrected chi connectivity index (χ2v) is 5.57. The summed E-state index contributed by atoms with van der Waals surface area (Å²) in [7, 11) is 0. The molecule has 1 atom stereocenters. The average Bonchev–Trinajstić information content (AvgIpc) is 2.61. The molecule has 7 heteroatoms. The fourth-order valence-corrected chi connectivity index (χ4v) is 2.13. The number of aryl methyl sites for hydroxylation is 1. The van der Waals surface area contributed by atoms with Crippen molar-refractivity contribution in [3.8, 4) is 5.75 Å². The molecule has 1 N–H and O–H groups in total. The second kappa shape index (κ2) is 8.05. The number of amides is 1. The van der Waals surface area contributed by atoms with Gasteiger partial charge in [0, 0.05) is 18.2 Å². The lowest BCUT2D eigenvalue weighted by Gasteiger charge is -2.15. The Labute approximate surface area is 144 Å². The van der Waals surface area contributed by atoms with Gasteiger partial charge >= 0.3 is 5.69 Å². The summed E-state index contributed by atoms with van der Waals surface area (Å²) in [6.45, 7) is 3.81. The number of nitro groups is 1. The number of carbonyl (C=O) groups is 2. The maximum absolute atomic E-state index is 12.1. The van der Waals surface area contributed by atoms with Crippen molar-refractivity contribution in [1.29, 1.82) is 0 Å². The van der Waals surface area contributed by atoms with Crippen LogP contribution in [0.3, 0.4) is 0 Å². The van der Waals surface area contributed by atoms with Crippen molar-refractivity contribution in [2.24, 2.45) is 0 Å². The number of hydrogen-bond donors (Lipinski definition) is 1. The Hall–Kier alpha value is -3.22. The van der Waals surface area contributed by atoms with Crippen LogP contribution in [0.2, 0.25) is 0 Å². The van der Waals surface area contributed by atoms with E-state index in [-0.39, 0.29) is 17.0 Å². The number of nitrogens with one attached hydrogen (secondary N) is 1. The minimum Gasteiger partial charge on any atom is -0.474 e. The van der Waals surface area contributed by atoms with E-state index in [1.54, 1.807) is 0 Å². The Balaban J connectivity index is 2.02. The van der Waals surface area contributed by atoms with Crippen LogP contribution in [0.15, 0.2) is 42.5 Å². The first-order valence-corrected chi connectivity index (χ1v) is 7.64. The number of hydrogen-bond acceptors (Lipinski definition) is 5. The minimum atomic E-state index is -0.925. The molecule has 2 aromatic rings. The van der Waals surface area contributed by atoms with E-state index in [1.807, 2.05) is 31.2 Å². The van der Waals surface area contributed by atoms with Gasteiger partial charge in [-0.3, -0.25) is 19.7 Å². The fraction of sp³-hybridized carbons (Fsp3) is 0.222. The molecule has 2 rings (SSSR count). The van der Waals surface area contributed by atoms with E-state index in [0.717, 1.165) is 17.2 Å². The first-order chi connectivity index (χ1) is 11.9. The Morgan fingerprint density at radius 3 is 2.56 bits per heavy atom. The number of ether oxygens (including phenoxy) is 1. The Kier molecular flexibility index (Phi) is 5.84. The molecule has 0 saturated carbocycles. The maximum atomic E-state index is 12.1. The van der Waals surface area contributed by atoms with Gasteiger partial charge in [0.05, 0.1) is 4.92 Å². The monoisotopic (exact) mass is 342 g/mol. The predicted octanol–water partition coefficient (Wildman–Crippen LogP) is 2.80. The third-order valence-corrected chi connectivity index (χ3v) is 3.58. The van der Waals surface area contributed by atoms with E-state index < -0.39 is 16.9 Å². The Bertz CT molecular complexity index is 787. The van der Waals surface area contributed by atoms with E-state index in [9.17, 15) is 19.7 Å². The number of rotatable bonds is 7. The standard InChI is InChI=1S/C18H18N2O5/c1-12-3-5-14(6-4-12)10-19-18(22)13(2)25-17-8-7-15(11-21)9-16(17)20(23)24/h3-9,11,13H,10H2,1-2H3,(H,19,22)/t13-/m1/s1. The van der Waals surface area contributed by atoms with Crippen LogP contribution >= 0.6 is 0 Å². The smallest absolute Gasteiger partial charge is 0.311 e. The summed E-state index contributed by atoms with van der Waals surface area (Å²) in [5.74, 6) is -0.456. The number of nitro benzene ring substituents is 1. The van der Waals surface area contributed by atoms with Gasteiger partial charge in [0.15, 0.2) is 11.9 Å². The number of benzene rings is 2. The van der Waals surface area contributed by atoms with Crippen molar-refractivity contribution < 1.29 is 19.2 Å². The normalized spacial score (nSPS) is 11.4.